The highest BCUT2D eigenvalue weighted by Gasteiger charge is 2.26. The van der Waals surface area contributed by atoms with Gasteiger partial charge in [-0.05, 0) is 25.8 Å². The van der Waals surface area contributed by atoms with Crippen LogP contribution in [0.5, 0.6) is 0 Å². The average molecular weight is 197 g/mol. The average Bonchev–Trinajstić information content (AvgIpc) is 2.95. The van der Waals surface area contributed by atoms with Crippen molar-refractivity contribution in [3.8, 4) is 0 Å². The molecule has 3 heteroatoms. The van der Waals surface area contributed by atoms with Crippen LogP contribution in [0.25, 0.3) is 0 Å². The fourth-order valence-corrected chi connectivity index (χ4v) is 1.59. The van der Waals surface area contributed by atoms with E-state index in [4.69, 9.17) is 5.11 Å². The van der Waals surface area contributed by atoms with Crippen LogP contribution in [-0.2, 0) is 4.79 Å². The van der Waals surface area contributed by atoms with E-state index in [9.17, 15) is 4.79 Å². The first-order chi connectivity index (χ1) is 6.69. The number of nitrogens with zero attached hydrogens (tertiary/aromatic N) is 1. The van der Waals surface area contributed by atoms with Crippen molar-refractivity contribution in [3.05, 3.63) is 11.6 Å². The minimum atomic E-state index is -0.778. The number of rotatable bonds is 6. The minimum Gasteiger partial charge on any atom is -0.478 e. The van der Waals surface area contributed by atoms with Crippen molar-refractivity contribution in [1.82, 2.24) is 4.90 Å². The summed E-state index contributed by atoms with van der Waals surface area (Å²) in [6.07, 6.45) is 5.01. The fraction of sp³-hybridized carbons (Fsp3) is 0.727. The lowest BCUT2D eigenvalue weighted by Crippen LogP contribution is -2.26. The molecule has 0 aromatic heterocycles. The van der Waals surface area contributed by atoms with Gasteiger partial charge < -0.3 is 5.11 Å². The zero-order valence-electron chi connectivity index (χ0n) is 8.99. The first-order valence-electron chi connectivity index (χ1n) is 5.35. The van der Waals surface area contributed by atoms with Gasteiger partial charge in [0.1, 0.15) is 0 Å². The summed E-state index contributed by atoms with van der Waals surface area (Å²) >= 11 is 0. The summed E-state index contributed by atoms with van der Waals surface area (Å²) in [4.78, 5) is 13.1. The van der Waals surface area contributed by atoms with Gasteiger partial charge in [-0.25, -0.2) is 4.79 Å². The standard InChI is InChI=1S/C11H19NO2/c1-3-9(11(13)14)7-8-12(4-2)10-5-6-10/h7,10H,3-6,8H2,1-2H3,(H,13,14). The zero-order valence-corrected chi connectivity index (χ0v) is 8.99. The van der Waals surface area contributed by atoms with Gasteiger partial charge in [0.2, 0.25) is 0 Å². The first-order valence-corrected chi connectivity index (χ1v) is 5.35. The number of hydrogen-bond acceptors (Lipinski definition) is 2. The lowest BCUT2D eigenvalue weighted by Gasteiger charge is -2.17. The van der Waals surface area contributed by atoms with Gasteiger partial charge >= 0.3 is 5.97 Å². The second kappa shape index (κ2) is 5.15. The molecule has 0 radical (unpaired) electrons. The van der Waals surface area contributed by atoms with Crippen LogP contribution in [0, 0.1) is 0 Å². The second-order valence-electron chi connectivity index (χ2n) is 3.71. The molecule has 1 N–H and O–H groups in total. The minimum absolute atomic E-state index is 0.532. The molecule has 0 bridgehead atoms. The maximum absolute atomic E-state index is 10.7. The number of carboxylic acid groups (broad SMARTS) is 1. The molecule has 0 amide bonds. The third kappa shape index (κ3) is 3.14. The summed E-state index contributed by atoms with van der Waals surface area (Å²) < 4.78 is 0. The van der Waals surface area contributed by atoms with Gasteiger partial charge in [-0.3, -0.25) is 4.90 Å². The predicted octanol–water partition coefficient (Wildman–Crippen LogP) is 1.89. The largest absolute Gasteiger partial charge is 0.478 e. The summed E-state index contributed by atoms with van der Waals surface area (Å²) in [5.41, 5.74) is 0.532. The Morgan fingerprint density at radius 3 is 2.50 bits per heavy atom. The van der Waals surface area contributed by atoms with Crippen LogP contribution in [0.3, 0.4) is 0 Å². The Morgan fingerprint density at radius 1 is 1.50 bits per heavy atom. The molecule has 80 valence electrons. The Labute approximate surface area is 85.4 Å². The summed E-state index contributed by atoms with van der Waals surface area (Å²) in [6, 6.07) is 0.711. The van der Waals surface area contributed by atoms with Crippen LogP contribution in [0.1, 0.15) is 33.1 Å². The Balaban J connectivity index is 2.44. The third-order valence-electron chi connectivity index (χ3n) is 2.70. The maximum atomic E-state index is 10.7. The van der Waals surface area contributed by atoms with Crippen LogP contribution in [0.4, 0.5) is 0 Å². The molecule has 1 saturated carbocycles. The van der Waals surface area contributed by atoms with E-state index in [0.29, 0.717) is 18.0 Å². The fourth-order valence-electron chi connectivity index (χ4n) is 1.59. The van der Waals surface area contributed by atoms with Gasteiger partial charge in [-0.1, -0.05) is 19.9 Å². The zero-order chi connectivity index (χ0) is 10.6. The normalized spacial score (nSPS) is 17.5. The number of hydrogen-bond donors (Lipinski definition) is 1. The van der Waals surface area contributed by atoms with Crippen molar-refractivity contribution >= 4 is 5.97 Å². The molecular formula is C11H19NO2. The number of carboxylic acids is 1. The van der Waals surface area contributed by atoms with Crippen LogP contribution in [0.2, 0.25) is 0 Å². The van der Waals surface area contributed by atoms with E-state index >= 15 is 0 Å². The van der Waals surface area contributed by atoms with E-state index in [2.05, 4.69) is 11.8 Å². The number of carbonyl (C=O) groups is 1. The summed E-state index contributed by atoms with van der Waals surface area (Å²) in [5.74, 6) is -0.778. The first kappa shape index (κ1) is 11.2. The molecule has 0 spiro atoms. The molecule has 1 aliphatic carbocycles. The molecule has 14 heavy (non-hydrogen) atoms. The van der Waals surface area contributed by atoms with Crippen molar-refractivity contribution in [2.75, 3.05) is 13.1 Å². The van der Waals surface area contributed by atoms with Crippen LogP contribution < -0.4 is 0 Å². The molecule has 1 rings (SSSR count). The van der Waals surface area contributed by atoms with E-state index < -0.39 is 5.97 Å². The highest BCUT2D eigenvalue weighted by Crippen LogP contribution is 2.26. The van der Waals surface area contributed by atoms with Gasteiger partial charge in [0.15, 0.2) is 0 Å². The third-order valence-corrected chi connectivity index (χ3v) is 2.70. The van der Waals surface area contributed by atoms with Crippen LogP contribution in [-0.4, -0.2) is 35.1 Å². The van der Waals surface area contributed by atoms with Crippen molar-refractivity contribution in [3.63, 3.8) is 0 Å². The van der Waals surface area contributed by atoms with Crippen molar-refractivity contribution in [1.29, 1.82) is 0 Å². The van der Waals surface area contributed by atoms with Gasteiger partial charge in [-0.15, -0.1) is 0 Å². The Hall–Kier alpha value is -0.830. The molecule has 0 atom stereocenters. The van der Waals surface area contributed by atoms with E-state index in [0.717, 1.165) is 13.1 Å². The van der Waals surface area contributed by atoms with Gasteiger partial charge in [0, 0.05) is 18.2 Å². The number of aliphatic carboxylic acids is 1. The molecular weight excluding hydrogens is 178 g/mol. The maximum Gasteiger partial charge on any atom is 0.331 e. The van der Waals surface area contributed by atoms with Crippen molar-refractivity contribution in [2.45, 2.75) is 39.2 Å². The quantitative estimate of drug-likeness (QED) is 0.661. The Bertz CT molecular complexity index is 231. The van der Waals surface area contributed by atoms with Crippen LogP contribution >= 0.6 is 0 Å². The molecule has 0 aromatic rings. The molecule has 1 fully saturated rings. The molecule has 0 unspecified atom stereocenters. The lowest BCUT2D eigenvalue weighted by atomic mass is 10.2. The second-order valence-corrected chi connectivity index (χ2v) is 3.71. The smallest absolute Gasteiger partial charge is 0.331 e. The highest BCUT2D eigenvalue weighted by atomic mass is 16.4. The highest BCUT2D eigenvalue weighted by molar-refractivity contribution is 5.86. The lowest BCUT2D eigenvalue weighted by molar-refractivity contribution is -0.132. The molecule has 0 saturated heterocycles. The van der Waals surface area contributed by atoms with Crippen molar-refractivity contribution in [2.24, 2.45) is 0 Å². The Kier molecular flexibility index (Phi) is 4.14. The van der Waals surface area contributed by atoms with Gasteiger partial charge in [0.25, 0.3) is 0 Å². The molecule has 0 aromatic carbocycles. The molecule has 1 aliphatic rings. The predicted molar refractivity (Wildman–Crippen MR) is 56.3 cm³/mol. The summed E-state index contributed by atoms with van der Waals surface area (Å²) in [7, 11) is 0. The van der Waals surface area contributed by atoms with Gasteiger partial charge in [0.05, 0.1) is 0 Å². The van der Waals surface area contributed by atoms with E-state index in [-0.39, 0.29) is 0 Å². The molecule has 0 aliphatic heterocycles. The summed E-state index contributed by atoms with van der Waals surface area (Å²) in [5, 5.41) is 8.83. The van der Waals surface area contributed by atoms with E-state index in [1.165, 1.54) is 12.8 Å². The SMILES string of the molecule is CCC(=CCN(CC)C1CC1)C(=O)O. The Morgan fingerprint density at radius 2 is 2.14 bits per heavy atom. The summed E-state index contributed by atoms with van der Waals surface area (Å²) in [6.45, 7) is 5.81. The topological polar surface area (TPSA) is 40.5 Å². The molecule has 0 heterocycles. The van der Waals surface area contributed by atoms with Crippen LogP contribution in [0.15, 0.2) is 11.6 Å². The van der Waals surface area contributed by atoms with Gasteiger partial charge in [-0.2, -0.15) is 0 Å². The molecule has 3 nitrogen and oxygen atoms in total. The van der Waals surface area contributed by atoms with Crippen molar-refractivity contribution < 1.29 is 9.90 Å². The monoisotopic (exact) mass is 197 g/mol. The number of likely N-dealkylation sites (N-methyl/N-ethyl adjacent to an activating group) is 1. The van der Waals surface area contributed by atoms with E-state index in [1.807, 2.05) is 13.0 Å². The van der Waals surface area contributed by atoms with E-state index in [1.54, 1.807) is 0 Å².